The number of nitrogens with zero attached hydrogens (tertiary/aromatic N) is 5. The molecule has 1 saturated heterocycles. The second-order valence-corrected chi connectivity index (χ2v) is 6.10. The van der Waals surface area contributed by atoms with Gasteiger partial charge in [-0.3, -0.25) is 14.3 Å². The van der Waals surface area contributed by atoms with Gasteiger partial charge in [-0.25, -0.2) is 4.98 Å². The van der Waals surface area contributed by atoms with Crippen LogP contribution in [0.5, 0.6) is 5.88 Å². The molecule has 0 spiro atoms. The summed E-state index contributed by atoms with van der Waals surface area (Å²) in [6.07, 6.45) is 3.43. The van der Waals surface area contributed by atoms with Crippen molar-refractivity contribution in [1.29, 1.82) is 0 Å². The van der Waals surface area contributed by atoms with Crippen LogP contribution in [-0.4, -0.2) is 52.7 Å². The third-order valence-electron chi connectivity index (χ3n) is 4.71. The number of methoxy groups -OCH3 is 1. The summed E-state index contributed by atoms with van der Waals surface area (Å²) in [4.78, 5) is 32.6. The molecular formula is C17H21N5O3. The van der Waals surface area contributed by atoms with E-state index in [1.165, 1.54) is 12.0 Å². The number of pyridine rings is 1. The first-order valence-corrected chi connectivity index (χ1v) is 7.95. The van der Waals surface area contributed by atoms with Crippen LogP contribution in [0.15, 0.2) is 30.6 Å². The SMILES string of the molecule is COc1ccc(N(C)C(=O)C2CC(=O)N(C)C2c2ccnn2C)cn1. The van der Waals surface area contributed by atoms with E-state index < -0.39 is 5.92 Å². The Labute approximate surface area is 146 Å². The largest absolute Gasteiger partial charge is 0.481 e. The highest BCUT2D eigenvalue weighted by Gasteiger charge is 2.45. The summed E-state index contributed by atoms with van der Waals surface area (Å²) in [5, 5.41) is 4.17. The van der Waals surface area contributed by atoms with Gasteiger partial charge in [-0.2, -0.15) is 5.10 Å². The van der Waals surface area contributed by atoms with Crippen LogP contribution in [0.1, 0.15) is 18.2 Å². The van der Waals surface area contributed by atoms with Gasteiger partial charge in [0.25, 0.3) is 0 Å². The first-order chi connectivity index (χ1) is 11.9. The summed E-state index contributed by atoms with van der Waals surface area (Å²) >= 11 is 0. The monoisotopic (exact) mass is 343 g/mol. The topological polar surface area (TPSA) is 80.6 Å². The van der Waals surface area contributed by atoms with E-state index in [-0.39, 0.29) is 24.3 Å². The lowest BCUT2D eigenvalue weighted by Crippen LogP contribution is -2.36. The number of hydrogen-bond donors (Lipinski definition) is 0. The molecule has 0 bridgehead atoms. The van der Waals surface area contributed by atoms with Crippen molar-refractivity contribution in [1.82, 2.24) is 19.7 Å². The lowest BCUT2D eigenvalue weighted by molar-refractivity contribution is -0.128. The lowest BCUT2D eigenvalue weighted by atomic mass is 9.95. The average molecular weight is 343 g/mol. The van der Waals surface area contributed by atoms with E-state index in [4.69, 9.17) is 4.74 Å². The van der Waals surface area contributed by atoms with Crippen molar-refractivity contribution in [2.24, 2.45) is 13.0 Å². The molecule has 0 aliphatic carbocycles. The Morgan fingerprint density at radius 2 is 2.08 bits per heavy atom. The molecule has 2 amide bonds. The van der Waals surface area contributed by atoms with Crippen LogP contribution >= 0.6 is 0 Å². The fraction of sp³-hybridized carbons (Fsp3) is 0.412. The number of anilines is 1. The number of carbonyl (C=O) groups is 2. The van der Waals surface area contributed by atoms with E-state index in [1.807, 2.05) is 13.1 Å². The Morgan fingerprint density at radius 3 is 2.64 bits per heavy atom. The van der Waals surface area contributed by atoms with Gasteiger partial charge in [0.2, 0.25) is 17.7 Å². The van der Waals surface area contributed by atoms with Gasteiger partial charge in [0, 0.05) is 39.8 Å². The molecule has 1 aliphatic rings. The molecule has 1 fully saturated rings. The molecule has 0 radical (unpaired) electrons. The smallest absolute Gasteiger partial charge is 0.232 e. The van der Waals surface area contributed by atoms with E-state index in [2.05, 4.69) is 10.1 Å². The molecule has 3 heterocycles. The molecule has 132 valence electrons. The molecule has 8 nitrogen and oxygen atoms in total. The third-order valence-corrected chi connectivity index (χ3v) is 4.71. The minimum atomic E-state index is -0.472. The van der Waals surface area contributed by atoms with Gasteiger partial charge in [0.15, 0.2) is 0 Å². The molecule has 2 aromatic heterocycles. The van der Waals surface area contributed by atoms with Crippen LogP contribution in [-0.2, 0) is 16.6 Å². The van der Waals surface area contributed by atoms with Crippen LogP contribution in [0.3, 0.4) is 0 Å². The second-order valence-electron chi connectivity index (χ2n) is 6.10. The number of amides is 2. The minimum absolute atomic E-state index is 0.0502. The summed E-state index contributed by atoms with van der Waals surface area (Å²) in [5.74, 6) is -0.171. The maximum absolute atomic E-state index is 13.1. The molecule has 0 saturated carbocycles. The molecule has 2 atom stereocenters. The second kappa shape index (κ2) is 6.54. The quantitative estimate of drug-likeness (QED) is 0.827. The zero-order chi connectivity index (χ0) is 18.1. The molecule has 8 heteroatoms. The van der Waals surface area contributed by atoms with Crippen molar-refractivity contribution in [3.05, 3.63) is 36.3 Å². The minimum Gasteiger partial charge on any atom is -0.481 e. The summed E-state index contributed by atoms with van der Waals surface area (Å²) in [5.41, 5.74) is 1.49. The maximum atomic E-state index is 13.1. The highest BCUT2D eigenvalue weighted by Crippen LogP contribution is 2.38. The number of likely N-dealkylation sites (tertiary alicyclic amines) is 1. The predicted molar refractivity (Wildman–Crippen MR) is 91.0 cm³/mol. The summed E-state index contributed by atoms with van der Waals surface area (Å²) < 4.78 is 6.74. The fourth-order valence-corrected chi connectivity index (χ4v) is 3.24. The number of ether oxygens (including phenoxy) is 1. The molecule has 2 unspecified atom stereocenters. The highest BCUT2D eigenvalue weighted by atomic mass is 16.5. The van der Waals surface area contributed by atoms with E-state index >= 15 is 0 Å². The number of hydrogen-bond acceptors (Lipinski definition) is 5. The van der Waals surface area contributed by atoms with Gasteiger partial charge < -0.3 is 14.5 Å². The molecule has 0 aromatic carbocycles. The van der Waals surface area contributed by atoms with Gasteiger partial charge in [-0.1, -0.05) is 0 Å². The van der Waals surface area contributed by atoms with Crippen LogP contribution < -0.4 is 9.64 Å². The van der Waals surface area contributed by atoms with Crippen molar-refractivity contribution in [2.45, 2.75) is 12.5 Å². The standard InChI is InChI=1S/C17H21N5O3/c1-20(11-5-6-14(25-4)18-10-11)17(24)12-9-15(23)21(2)16(12)13-7-8-19-22(13)3/h5-8,10,12,16H,9H2,1-4H3. The van der Waals surface area contributed by atoms with Crippen molar-refractivity contribution < 1.29 is 14.3 Å². The zero-order valence-electron chi connectivity index (χ0n) is 14.7. The highest BCUT2D eigenvalue weighted by molar-refractivity contribution is 5.99. The van der Waals surface area contributed by atoms with Crippen LogP contribution in [0.2, 0.25) is 0 Å². The van der Waals surface area contributed by atoms with Crippen molar-refractivity contribution in [3.8, 4) is 5.88 Å². The van der Waals surface area contributed by atoms with Gasteiger partial charge >= 0.3 is 0 Å². The molecular weight excluding hydrogens is 322 g/mol. The van der Waals surface area contributed by atoms with E-state index in [9.17, 15) is 9.59 Å². The average Bonchev–Trinajstić information content (AvgIpc) is 3.17. The van der Waals surface area contributed by atoms with E-state index in [0.29, 0.717) is 11.6 Å². The van der Waals surface area contributed by atoms with Crippen LogP contribution in [0.4, 0.5) is 5.69 Å². The summed E-state index contributed by atoms with van der Waals surface area (Å²) in [6.45, 7) is 0. The first kappa shape index (κ1) is 16.9. The van der Waals surface area contributed by atoms with Crippen molar-refractivity contribution in [3.63, 3.8) is 0 Å². The predicted octanol–water partition coefficient (Wildman–Crippen LogP) is 1.01. The van der Waals surface area contributed by atoms with Crippen LogP contribution in [0, 0.1) is 5.92 Å². The summed E-state index contributed by atoms with van der Waals surface area (Å²) in [7, 11) is 6.76. The summed E-state index contributed by atoms with van der Waals surface area (Å²) in [6, 6.07) is 4.98. The molecule has 2 aromatic rings. The molecule has 1 aliphatic heterocycles. The van der Waals surface area contributed by atoms with E-state index in [0.717, 1.165) is 5.69 Å². The molecule has 0 N–H and O–H groups in total. The Morgan fingerprint density at radius 1 is 1.32 bits per heavy atom. The molecule has 3 rings (SSSR count). The van der Waals surface area contributed by atoms with Gasteiger partial charge in [-0.05, 0) is 12.1 Å². The zero-order valence-corrected chi connectivity index (χ0v) is 14.7. The Kier molecular flexibility index (Phi) is 4.43. The van der Waals surface area contributed by atoms with Gasteiger partial charge in [0.05, 0.1) is 36.6 Å². The third kappa shape index (κ3) is 2.95. The van der Waals surface area contributed by atoms with Gasteiger partial charge in [-0.15, -0.1) is 0 Å². The Hall–Kier alpha value is -2.90. The van der Waals surface area contributed by atoms with Gasteiger partial charge in [0.1, 0.15) is 0 Å². The number of carbonyl (C=O) groups excluding carboxylic acids is 2. The van der Waals surface area contributed by atoms with E-state index in [1.54, 1.807) is 48.2 Å². The number of aromatic nitrogens is 3. The normalized spacial score (nSPS) is 20.0. The van der Waals surface area contributed by atoms with Crippen molar-refractivity contribution in [2.75, 3.05) is 26.1 Å². The number of aryl methyl sites for hydroxylation is 1. The fourth-order valence-electron chi connectivity index (χ4n) is 3.24. The Bertz CT molecular complexity index is 786. The van der Waals surface area contributed by atoms with Crippen molar-refractivity contribution >= 4 is 17.5 Å². The first-order valence-electron chi connectivity index (χ1n) is 7.95. The Balaban J connectivity index is 1.88. The molecule has 25 heavy (non-hydrogen) atoms. The number of rotatable bonds is 4. The van der Waals surface area contributed by atoms with Crippen LogP contribution in [0.25, 0.3) is 0 Å². The maximum Gasteiger partial charge on any atom is 0.232 e. The lowest BCUT2D eigenvalue weighted by Gasteiger charge is -2.27.